The van der Waals surface area contributed by atoms with Crippen LogP contribution in [0, 0.1) is 5.82 Å². The van der Waals surface area contributed by atoms with Gasteiger partial charge in [-0.15, -0.1) is 0 Å². The van der Waals surface area contributed by atoms with Gasteiger partial charge in [-0.25, -0.2) is 14.4 Å². The van der Waals surface area contributed by atoms with E-state index >= 15 is 0 Å². The van der Waals surface area contributed by atoms with Crippen molar-refractivity contribution >= 4 is 33.6 Å². The van der Waals surface area contributed by atoms with Crippen LogP contribution in [-0.4, -0.2) is 40.9 Å². The van der Waals surface area contributed by atoms with E-state index in [1.165, 1.54) is 12.3 Å². The van der Waals surface area contributed by atoms with E-state index in [-0.39, 0.29) is 35.9 Å². The Bertz CT molecular complexity index is 1220. The smallest absolute Gasteiger partial charge is 0.274 e. The van der Waals surface area contributed by atoms with Gasteiger partial charge in [0.05, 0.1) is 11.9 Å². The van der Waals surface area contributed by atoms with Crippen molar-refractivity contribution in [3.05, 3.63) is 75.8 Å². The highest BCUT2D eigenvalue weighted by Crippen LogP contribution is 2.21. The van der Waals surface area contributed by atoms with Gasteiger partial charge in [-0.1, -0.05) is 34.1 Å². The maximum Gasteiger partial charge on any atom is 0.274 e. The number of nitrogens with two attached hydrogens (primary N) is 1. The molecule has 1 aromatic heterocycles. The first kappa shape index (κ1) is 23.8. The average molecular weight is 527 g/mol. The average Bonchev–Trinajstić information content (AvgIpc) is 2.84. The molecule has 3 aromatic rings. The largest absolute Gasteiger partial charge is 0.382 e. The van der Waals surface area contributed by atoms with E-state index in [1.807, 2.05) is 0 Å². The number of benzene rings is 2. The number of anilines is 1. The lowest BCUT2D eigenvalue weighted by atomic mass is 10.1. The van der Waals surface area contributed by atoms with Gasteiger partial charge in [-0.05, 0) is 43.7 Å². The first-order chi connectivity index (χ1) is 16.4. The lowest BCUT2D eigenvalue weighted by Crippen LogP contribution is -2.46. The maximum absolute atomic E-state index is 14.0. The summed E-state index contributed by atoms with van der Waals surface area (Å²) in [4.78, 5) is 33.9. The standard InChI is InChI=1S/C24H24BrFN6O2/c25-17-7-6-16(19(26)10-17)11-30-23(33)15-4-1-3-14(9-15)20-13-29-22(27)21(32-20)24(34)31-18-5-2-8-28-12-18/h1,3-4,6-7,9-10,13,18,28H,2,5,8,11-12H2,(H2,27,29)(H,30,33)(H,31,34)/t18-/m0/s1. The number of hydrogen-bond donors (Lipinski definition) is 4. The predicted octanol–water partition coefficient (Wildman–Crippen LogP) is 3.04. The first-order valence-corrected chi connectivity index (χ1v) is 11.7. The number of nitrogens with zero attached hydrogens (tertiary/aromatic N) is 2. The van der Waals surface area contributed by atoms with Crippen LogP contribution in [0.5, 0.6) is 0 Å². The summed E-state index contributed by atoms with van der Waals surface area (Å²) in [5, 5.41) is 8.90. The van der Waals surface area contributed by atoms with Crippen LogP contribution in [0.25, 0.3) is 11.3 Å². The summed E-state index contributed by atoms with van der Waals surface area (Å²) in [5.74, 6) is -1.12. The molecular weight excluding hydrogens is 503 g/mol. The first-order valence-electron chi connectivity index (χ1n) is 10.9. The van der Waals surface area contributed by atoms with E-state index in [0.717, 1.165) is 19.4 Å². The third kappa shape index (κ3) is 5.75. The molecule has 2 heterocycles. The topological polar surface area (TPSA) is 122 Å². The van der Waals surface area contributed by atoms with Crippen molar-refractivity contribution in [1.82, 2.24) is 25.9 Å². The number of hydrogen-bond acceptors (Lipinski definition) is 6. The molecule has 1 aliphatic heterocycles. The number of rotatable bonds is 6. The van der Waals surface area contributed by atoms with Crippen molar-refractivity contribution in [2.75, 3.05) is 18.8 Å². The Labute approximate surface area is 204 Å². The SMILES string of the molecule is Nc1ncc(-c2cccc(C(=O)NCc3ccc(Br)cc3F)c2)nc1C(=O)N[C@H]1CCCNC1. The van der Waals surface area contributed by atoms with Crippen molar-refractivity contribution in [1.29, 1.82) is 0 Å². The molecule has 0 spiro atoms. The molecular formula is C24H24BrFN6O2. The molecule has 0 bridgehead atoms. The normalized spacial score (nSPS) is 15.5. The zero-order chi connectivity index (χ0) is 24.1. The summed E-state index contributed by atoms with van der Waals surface area (Å²) >= 11 is 3.21. The van der Waals surface area contributed by atoms with Gasteiger partial charge in [0.15, 0.2) is 11.5 Å². The summed E-state index contributed by atoms with van der Waals surface area (Å²) in [5.41, 5.74) is 7.72. The van der Waals surface area contributed by atoms with E-state index in [1.54, 1.807) is 36.4 Å². The zero-order valence-corrected chi connectivity index (χ0v) is 19.9. The van der Waals surface area contributed by atoms with Crippen LogP contribution in [0.15, 0.2) is 53.1 Å². The minimum Gasteiger partial charge on any atom is -0.382 e. The number of nitrogens with one attached hydrogen (secondary N) is 3. The van der Waals surface area contributed by atoms with Gasteiger partial charge in [0.2, 0.25) is 0 Å². The molecule has 2 aromatic carbocycles. The molecule has 0 aliphatic carbocycles. The fraction of sp³-hybridized carbons (Fsp3) is 0.250. The number of carbonyl (C=O) groups excluding carboxylic acids is 2. The van der Waals surface area contributed by atoms with Crippen LogP contribution >= 0.6 is 15.9 Å². The fourth-order valence-electron chi connectivity index (χ4n) is 3.70. The van der Waals surface area contributed by atoms with Gasteiger partial charge >= 0.3 is 0 Å². The Morgan fingerprint density at radius 3 is 2.82 bits per heavy atom. The van der Waals surface area contributed by atoms with Crippen molar-refractivity contribution in [2.45, 2.75) is 25.4 Å². The van der Waals surface area contributed by atoms with Crippen LogP contribution in [0.3, 0.4) is 0 Å². The van der Waals surface area contributed by atoms with Crippen molar-refractivity contribution in [2.24, 2.45) is 0 Å². The van der Waals surface area contributed by atoms with Crippen molar-refractivity contribution in [3.63, 3.8) is 0 Å². The monoisotopic (exact) mass is 526 g/mol. The molecule has 1 saturated heterocycles. The van der Waals surface area contributed by atoms with Gasteiger partial charge < -0.3 is 21.7 Å². The highest BCUT2D eigenvalue weighted by molar-refractivity contribution is 9.10. The van der Waals surface area contributed by atoms with E-state index in [2.05, 4.69) is 41.8 Å². The van der Waals surface area contributed by atoms with E-state index in [0.29, 0.717) is 33.4 Å². The lowest BCUT2D eigenvalue weighted by Gasteiger charge is -2.23. The zero-order valence-electron chi connectivity index (χ0n) is 18.3. The minimum absolute atomic E-state index is 0.00805. The van der Waals surface area contributed by atoms with E-state index in [9.17, 15) is 14.0 Å². The quantitative estimate of drug-likeness (QED) is 0.391. The highest BCUT2D eigenvalue weighted by Gasteiger charge is 2.20. The number of piperidine rings is 1. The molecule has 0 radical (unpaired) electrons. The Kier molecular flexibility index (Phi) is 7.49. The Morgan fingerprint density at radius 1 is 1.21 bits per heavy atom. The maximum atomic E-state index is 14.0. The summed E-state index contributed by atoms with van der Waals surface area (Å²) in [6.07, 6.45) is 3.32. The number of aromatic nitrogens is 2. The Hall–Kier alpha value is -3.37. The van der Waals surface area contributed by atoms with Gasteiger partial charge in [0.25, 0.3) is 11.8 Å². The van der Waals surface area contributed by atoms with Crippen LogP contribution in [0.4, 0.5) is 10.2 Å². The number of nitrogen functional groups attached to an aromatic ring is 1. The molecule has 1 fully saturated rings. The fourth-order valence-corrected chi connectivity index (χ4v) is 4.03. The molecule has 2 amide bonds. The summed E-state index contributed by atoms with van der Waals surface area (Å²) in [6.45, 7) is 1.68. The molecule has 1 atom stereocenters. The van der Waals surface area contributed by atoms with E-state index in [4.69, 9.17) is 5.73 Å². The molecule has 0 unspecified atom stereocenters. The molecule has 4 rings (SSSR count). The molecule has 176 valence electrons. The van der Waals surface area contributed by atoms with Crippen molar-refractivity contribution in [3.8, 4) is 11.3 Å². The number of amides is 2. The molecule has 0 saturated carbocycles. The van der Waals surface area contributed by atoms with Crippen LogP contribution in [0.1, 0.15) is 39.3 Å². The molecule has 10 heteroatoms. The Balaban J connectivity index is 1.48. The van der Waals surface area contributed by atoms with E-state index < -0.39 is 5.82 Å². The molecule has 34 heavy (non-hydrogen) atoms. The minimum atomic E-state index is -0.407. The second kappa shape index (κ2) is 10.7. The van der Waals surface area contributed by atoms with Crippen LogP contribution in [-0.2, 0) is 6.54 Å². The lowest BCUT2D eigenvalue weighted by molar-refractivity contribution is 0.0923. The molecule has 5 N–H and O–H groups in total. The second-order valence-electron chi connectivity index (χ2n) is 8.01. The van der Waals surface area contributed by atoms with Crippen molar-refractivity contribution < 1.29 is 14.0 Å². The summed E-state index contributed by atoms with van der Waals surface area (Å²) in [7, 11) is 0. The van der Waals surface area contributed by atoms with Gasteiger partial charge in [-0.3, -0.25) is 9.59 Å². The highest BCUT2D eigenvalue weighted by atomic mass is 79.9. The van der Waals surface area contributed by atoms with Crippen LogP contribution in [0.2, 0.25) is 0 Å². The third-order valence-corrected chi connectivity index (χ3v) is 6.02. The third-order valence-electron chi connectivity index (χ3n) is 5.52. The van der Waals surface area contributed by atoms with Crippen LogP contribution < -0.4 is 21.7 Å². The van der Waals surface area contributed by atoms with Gasteiger partial charge in [0.1, 0.15) is 5.82 Å². The molecule has 8 nitrogen and oxygen atoms in total. The summed E-state index contributed by atoms with van der Waals surface area (Å²) < 4.78 is 14.7. The van der Waals surface area contributed by atoms with Gasteiger partial charge in [0, 0.05) is 40.3 Å². The Morgan fingerprint density at radius 2 is 2.06 bits per heavy atom. The summed E-state index contributed by atoms with van der Waals surface area (Å²) in [6, 6.07) is 11.4. The molecule has 1 aliphatic rings. The second-order valence-corrected chi connectivity index (χ2v) is 8.92. The van der Waals surface area contributed by atoms with Gasteiger partial charge in [-0.2, -0.15) is 0 Å². The number of halogens is 2. The predicted molar refractivity (Wildman–Crippen MR) is 131 cm³/mol. The number of carbonyl (C=O) groups is 2.